The predicted molar refractivity (Wildman–Crippen MR) is 93.5 cm³/mol. The molecule has 4 rings (SSSR count). The monoisotopic (exact) mass is 377 g/mol. The Balaban J connectivity index is 1.48. The molecule has 0 amide bonds. The van der Waals surface area contributed by atoms with Crippen LogP contribution >= 0.6 is 11.3 Å². The van der Waals surface area contributed by atoms with E-state index >= 15 is 0 Å². The molecular weight excluding hydrogens is 362 g/mol. The number of hydrogen-bond acceptors (Lipinski definition) is 6. The van der Waals surface area contributed by atoms with Crippen LogP contribution in [-0.4, -0.2) is 21.6 Å². The van der Waals surface area contributed by atoms with E-state index in [1.807, 2.05) is 23.6 Å². The van der Waals surface area contributed by atoms with Gasteiger partial charge in [0.25, 0.3) is 0 Å². The Morgan fingerprint density at radius 3 is 2.72 bits per heavy atom. The van der Waals surface area contributed by atoms with Crippen LogP contribution in [0.1, 0.15) is 4.88 Å². The number of sulfonamides is 1. The van der Waals surface area contributed by atoms with Crippen molar-refractivity contribution in [3.05, 3.63) is 52.9 Å². The smallest absolute Gasteiger partial charge is 0.241 e. The molecule has 2 aromatic heterocycles. The zero-order valence-electron chi connectivity index (χ0n) is 13.1. The van der Waals surface area contributed by atoms with Gasteiger partial charge in [0.1, 0.15) is 19.0 Å². The van der Waals surface area contributed by atoms with E-state index in [0.29, 0.717) is 24.7 Å². The number of nitrogens with one attached hydrogen (secondary N) is 1. The molecule has 1 aliphatic rings. The fraction of sp³-hybridized carbons (Fsp3) is 0.176. The highest BCUT2D eigenvalue weighted by molar-refractivity contribution is 7.89. The van der Waals surface area contributed by atoms with Crippen LogP contribution in [0.15, 0.2) is 57.4 Å². The molecule has 6 nitrogen and oxygen atoms in total. The van der Waals surface area contributed by atoms with Crippen LogP contribution in [-0.2, 0) is 16.6 Å². The van der Waals surface area contributed by atoms with Crippen molar-refractivity contribution in [3.8, 4) is 22.8 Å². The molecule has 0 aliphatic carbocycles. The standard InChI is InChI=1S/C17H15NO5S2/c19-25(20,14-3-4-16-17(9-14)23-7-6-22-16)18-10-13-8-12(11-24-13)15-2-1-5-21-15/h1-5,8-9,11,18H,6-7,10H2. The van der Waals surface area contributed by atoms with Gasteiger partial charge in [-0.1, -0.05) is 0 Å². The highest BCUT2D eigenvalue weighted by atomic mass is 32.2. The SMILES string of the molecule is O=S(=O)(NCc1cc(-c2ccco2)cs1)c1ccc2c(c1)OCCO2. The van der Waals surface area contributed by atoms with Crippen LogP contribution in [0.3, 0.4) is 0 Å². The van der Waals surface area contributed by atoms with Gasteiger partial charge in [-0.15, -0.1) is 11.3 Å². The fourth-order valence-electron chi connectivity index (χ4n) is 2.49. The van der Waals surface area contributed by atoms with Crippen LogP contribution in [0.5, 0.6) is 11.5 Å². The Labute approximate surface area is 149 Å². The molecule has 1 aromatic carbocycles. The van der Waals surface area contributed by atoms with E-state index < -0.39 is 10.0 Å². The number of furan rings is 1. The van der Waals surface area contributed by atoms with E-state index in [2.05, 4.69) is 4.72 Å². The lowest BCUT2D eigenvalue weighted by Crippen LogP contribution is -2.23. The molecule has 0 fully saturated rings. The van der Waals surface area contributed by atoms with Gasteiger partial charge in [0, 0.05) is 28.4 Å². The van der Waals surface area contributed by atoms with E-state index in [9.17, 15) is 8.42 Å². The molecule has 1 N–H and O–H groups in total. The molecule has 0 saturated heterocycles. The summed E-state index contributed by atoms with van der Waals surface area (Å²) in [4.78, 5) is 1.05. The van der Waals surface area contributed by atoms with E-state index in [1.54, 1.807) is 12.3 Å². The van der Waals surface area contributed by atoms with Crippen LogP contribution in [0, 0.1) is 0 Å². The summed E-state index contributed by atoms with van der Waals surface area (Å²) in [6.07, 6.45) is 1.61. The first-order valence-corrected chi connectivity index (χ1v) is 9.99. The molecule has 0 bridgehead atoms. The predicted octanol–water partition coefficient (Wildman–Crippen LogP) is 3.26. The number of ether oxygens (including phenoxy) is 2. The van der Waals surface area contributed by atoms with Crippen LogP contribution in [0.25, 0.3) is 11.3 Å². The van der Waals surface area contributed by atoms with E-state index in [1.165, 1.54) is 23.5 Å². The average Bonchev–Trinajstić information content (AvgIpc) is 3.31. The molecule has 8 heteroatoms. The van der Waals surface area contributed by atoms with E-state index in [0.717, 1.165) is 16.2 Å². The number of benzene rings is 1. The Bertz CT molecular complexity index is 976. The van der Waals surface area contributed by atoms with E-state index in [4.69, 9.17) is 13.9 Å². The lowest BCUT2D eigenvalue weighted by atomic mass is 10.2. The fourth-order valence-corrected chi connectivity index (χ4v) is 4.41. The second-order valence-electron chi connectivity index (χ2n) is 5.41. The highest BCUT2D eigenvalue weighted by Crippen LogP contribution is 2.32. The third-order valence-electron chi connectivity index (χ3n) is 3.72. The van der Waals surface area contributed by atoms with Gasteiger partial charge in [0.15, 0.2) is 11.5 Å². The highest BCUT2D eigenvalue weighted by Gasteiger charge is 2.19. The van der Waals surface area contributed by atoms with Crippen LogP contribution in [0.4, 0.5) is 0 Å². The van der Waals surface area contributed by atoms with E-state index in [-0.39, 0.29) is 11.4 Å². The molecular formula is C17H15NO5S2. The lowest BCUT2D eigenvalue weighted by molar-refractivity contribution is 0.171. The second-order valence-corrected chi connectivity index (χ2v) is 8.17. The summed E-state index contributed by atoms with van der Waals surface area (Å²) in [5.41, 5.74) is 0.934. The van der Waals surface area contributed by atoms with Crippen molar-refractivity contribution in [2.75, 3.05) is 13.2 Å². The molecule has 25 heavy (non-hydrogen) atoms. The molecule has 0 atom stereocenters. The minimum absolute atomic E-state index is 0.152. The first-order chi connectivity index (χ1) is 12.1. The molecule has 0 radical (unpaired) electrons. The molecule has 130 valence electrons. The Morgan fingerprint density at radius 1 is 1.08 bits per heavy atom. The summed E-state index contributed by atoms with van der Waals surface area (Å²) < 4.78 is 43.8. The number of hydrogen-bond donors (Lipinski definition) is 1. The van der Waals surface area contributed by atoms with Crippen molar-refractivity contribution in [2.24, 2.45) is 0 Å². The summed E-state index contributed by atoms with van der Waals surface area (Å²) >= 11 is 1.47. The Morgan fingerprint density at radius 2 is 1.92 bits per heavy atom. The summed E-state index contributed by atoms with van der Waals surface area (Å²) in [7, 11) is -3.64. The van der Waals surface area contributed by atoms with Gasteiger partial charge in [-0.2, -0.15) is 0 Å². The third-order valence-corrected chi connectivity index (χ3v) is 6.06. The Hall–Kier alpha value is -2.29. The number of thiophene rings is 1. The lowest BCUT2D eigenvalue weighted by Gasteiger charge is -2.18. The maximum Gasteiger partial charge on any atom is 0.241 e. The van der Waals surface area contributed by atoms with Crippen molar-refractivity contribution >= 4 is 21.4 Å². The second kappa shape index (κ2) is 6.55. The van der Waals surface area contributed by atoms with Gasteiger partial charge in [0.05, 0.1) is 11.2 Å². The summed E-state index contributed by atoms with van der Waals surface area (Å²) in [6.45, 7) is 1.09. The van der Waals surface area contributed by atoms with Crippen molar-refractivity contribution < 1.29 is 22.3 Å². The van der Waals surface area contributed by atoms with Gasteiger partial charge < -0.3 is 13.9 Å². The quantitative estimate of drug-likeness (QED) is 0.738. The van der Waals surface area contributed by atoms with Crippen molar-refractivity contribution in [1.82, 2.24) is 4.72 Å². The van der Waals surface area contributed by atoms with Gasteiger partial charge in [0.2, 0.25) is 10.0 Å². The van der Waals surface area contributed by atoms with Gasteiger partial charge >= 0.3 is 0 Å². The van der Waals surface area contributed by atoms with Gasteiger partial charge in [-0.25, -0.2) is 13.1 Å². The molecule has 1 aliphatic heterocycles. The summed E-state index contributed by atoms with van der Waals surface area (Å²) in [6, 6.07) is 10.2. The summed E-state index contributed by atoms with van der Waals surface area (Å²) in [5, 5.41) is 1.94. The molecule has 0 saturated carbocycles. The van der Waals surface area contributed by atoms with Crippen molar-refractivity contribution in [3.63, 3.8) is 0 Å². The number of fused-ring (bicyclic) bond motifs is 1. The molecule has 3 aromatic rings. The zero-order valence-corrected chi connectivity index (χ0v) is 14.7. The molecule has 0 spiro atoms. The third kappa shape index (κ3) is 3.41. The van der Waals surface area contributed by atoms with Gasteiger partial charge in [-0.3, -0.25) is 0 Å². The number of rotatable bonds is 5. The maximum absolute atomic E-state index is 12.5. The van der Waals surface area contributed by atoms with Crippen LogP contribution in [0.2, 0.25) is 0 Å². The maximum atomic E-state index is 12.5. The minimum Gasteiger partial charge on any atom is -0.486 e. The topological polar surface area (TPSA) is 77.8 Å². The zero-order chi connectivity index (χ0) is 17.3. The molecule has 0 unspecified atom stereocenters. The largest absolute Gasteiger partial charge is 0.486 e. The van der Waals surface area contributed by atoms with Crippen molar-refractivity contribution in [1.29, 1.82) is 0 Å². The molecule has 3 heterocycles. The summed E-state index contributed by atoms with van der Waals surface area (Å²) in [5.74, 6) is 1.77. The van der Waals surface area contributed by atoms with Crippen LogP contribution < -0.4 is 14.2 Å². The average molecular weight is 377 g/mol. The van der Waals surface area contributed by atoms with Crippen molar-refractivity contribution in [2.45, 2.75) is 11.4 Å². The first-order valence-electron chi connectivity index (χ1n) is 7.62. The minimum atomic E-state index is -3.64. The Kier molecular flexibility index (Phi) is 4.24. The normalized spacial score (nSPS) is 13.8. The first kappa shape index (κ1) is 16.2. The van der Waals surface area contributed by atoms with Gasteiger partial charge in [-0.05, 0) is 30.3 Å².